The first-order valence-corrected chi connectivity index (χ1v) is 6.28. The highest BCUT2D eigenvalue weighted by molar-refractivity contribution is 6.31. The fourth-order valence-electron chi connectivity index (χ4n) is 1.86. The van der Waals surface area contributed by atoms with Gasteiger partial charge in [0.05, 0.1) is 5.56 Å². The fourth-order valence-corrected chi connectivity index (χ4v) is 2.05. The molecule has 0 amide bonds. The van der Waals surface area contributed by atoms with Crippen molar-refractivity contribution in [1.29, 1.82) is 0 Å². The zero-order chi connectivity index (χ0) is 14.9. The maximum atomic E-state index is 12.6. The Bertz CT molecular complexity index is 623. The number of hydrogen-bond acceptors (Lipinski definition) is 1. The minimum Gasteiger partial charge on any atom is -0.384 e. The fraction of sp³-hybridized carbons (Fsp3) is 0.200. The summed E-state index contributed by atoms with van der Waals surface area (Å²) in [6, 6.07) is 9.56. The molecule has 0 radical (unpaired) electrons. The lowest BCUT2D eigenvalue weighted by atomic mass is 9.99. The quantitative estimate of drug-likeness (QED) is 0.848. The van der Waals surface area contributed by atoms with Gasteiger partial charge in [0.25, 0.3) is 0 Å². The summed E-state index contributed by atoms with van der Waals surface area (Å²) in [5.74, 6) is 0. The molecule has 0 heterocycles. The van der Waals surface area contributed by atoms with Crippen molar-refractivity contribution in [3.63, 3.8) is 0 Å². The van der Waals surface area contributed by atoms with Gasteiger partial charge in [0.1, 0.15) is 6.10 Å². The van der Waals surface area contributed by atoms with Crippen LogP contribution in [0.25, 0.3) is 0 Å². The van der Waals surface area contributed by atoms with Crippen LogP contribution in [0.1, 0.15) is 28.4 Å². The molecule has 20 heavy (non-hydrogen) atoms. The van der Waals surface area contributed by atoms with E-state index in [4.69, 9.17) is 11.6 Å². The minimum atomic E-state index is -4.43. The van der Waals surface area contributed by atoms with E-state index in [9.17, 15) is 18.3 Å². The smallest absolute Gasteiger partial charge is 0.384 e. The SMILES string of the molecule is Cc1ccc(C(O)c2cccc(C(F)(F)F)c2)cc1Cl. The molecule has 0 fully saturated rings. The van der Waals surface area contributed by atoms with Crippen molar-refractivity contribution in [1.82, 2.24) is 0 Å². The van der Waals surface area contributed by atoms with Crippen molar-refractivity contribution in [2.75, 3.05) is 0 Å². The van der Waals surface area contributed by atoms with E-state index in [1.807, 2.05) is 6.92 Å². The lowest BCUT2D eigenvalue weighted by molar-refractivity contribution is -0.137. The van der Waals surface area contributed by atoms with Crippen LogP contribution in [0.4, 0.5) is 13.2 Å². The van der Waals surface area contributed by atoms with Crippen LogP contribution in [0.3, 0.4) is 0 Å². The lowest BCUT2D eigenvalue weighted by Gasteiger charge is -2.15. The third kappa shape index (κ3) is 3.14. The molecule has 2 aromatic rings. The molecule has 0 aromatic heterocycles. The molecule has 2 aromatic carbocycles. The molecule has 1 N–H and O–H groups in total. The van der Waals surface area contributed by atoms with E-state index < -0.39 is 17.8 Å². The van der Waals surface area contributed by atoms with Crippen LogP contribution in [-0.4, -0.2) is 5.11 Å². The van der Waals surface area contributed by atoms with E-state index in [2.05, 4.69) is 0 Å². The van der Waals surface area contributed by atoms with Crippen molar-refractivity contribution in [2.45, 2.75) is 19.2 Å². The van der Waals surface area contributed by atoms with Crippen molar-refractivity contribution in [3.05, 3.63) is 69.7 Å². The predicted octanol–water partition coefficient (Wildman–Crippen LogP) is 4.75. The van der Waals surface area contributed by atoms with Crippen molar-refractivity contribution in [3.8, 4) is 0 Å². The Morgan fingerprint density at radius 3 is 2.30 bits per heavy atom. The second-order valence-corrected chi connectivity index (χ2v) is 4.94. The number of benzene rings is 2. The lowest BCUT2D eigenvalue weighted by Crippen LogP contribution is -2.07. The van der Waals surface area contributed by atoms with E-state index in [-0.39, 0.29) is 5.56 Å². The van der Waals surface area contributed by atoms with Crippen LogP contribution in [0.15, 0.2) is 42.5 Å². The van der Waals surface area contributed by atoms with E-state index in [1.165, 1.54) is 12.1 Å². The number of hydrogen-bond donors (Lipinski definition) is 1. The van der Waals surface area contributed by atoms with Gasteiger partial charge in [-0.2, -0.15) is 13.2 Å². The van der Waals surface area contributed by atoms with Crippen LogP contribution in [0.2, 0.25) is 5.02 Å². The molecule has 0 aliphatic carbocycles. The highest BCUT2D eigenvalue weighted by Gasteiger charge is 2.31. The van der Waals surface area contributed by atoms with Crippen molar-refractivity contribution < 1.29 is 18.3 Å². The first-order valence-electron chi connectivity index (χ1n) is 5.90. The van der Waals surface area contributed by atoms with Gasteiger partial charge in [-0.1, -0.05) is 35.9 Å². The molecular weight excluding hydrogens is 289 g/mol. The Hall–Kier alpha value is -1.52. The second kappa shape index (κ2) is 5.46. The van der Waals surface area contributed by atoms with E-state index in [0.717, 1.165) is 17.7 Å². The Kier molecular flexibility index (Phi) is 4.06. The number of alkyl halides is 3. The Morgan fingerprint density at radius 1 is 1.05 bits per heavy atom. The molecule has 1 unspecified atom stereocenters. The maximum Gasteiger partial charge on any atom is 0.416 e. The van der Waals surface area contributed by atoms with Crippen molar-refractivity contribution in [2.24, 2.45) is 0 Å². The summed E-state index contributed by atoms with van der Waals surface area (Å²) in [5.41, 5.74) is 0.693. The number of halogens is 4. The summed E-state index contributed by atoms with van der Waals surface area (Å²) in [6.07, 6.45) is -5.57. The molecule has 2 rings (SSSR count). The second-order valence-electron chi connectivity index (χ2n) is 4.53. The number of aryl methyl sites for hydroxylation is 1. The third-order valence-electron chi connectivity index (χ3n) is 3.04. The molecule has 0 bridgehead atoms. The Balaban J connectivity index is 2.38. The van der Waals surface area contributed by atoms with Crippen molar-refractivity contribution >= 4 is 11.6 Å². The third-order valence-corrected chi connectivity index (χ3v) is 3.45. The van der Waals surface area contributed by atoms with Crippen LogP contribution in [0.5, 0.6) is 0 Å². The first kappa shape index (κ1) is 14.9. The van der Waals surface area contributed by atoms with Crippen LogP contribution in [-0.2, 0) is 6.18 Å². The average Bonchev–Trinajstić information content (AvgIpc) is 2.40. The highest BCUT2D eigenvalue weighted by atomic mass is 35.5. The molecular formula is C15H12ClF3O. The summed E-state index contributed by atoms with van der Waals surface area (Å²) < 4.78 is 37.9. The number of aliphatic hydroxyl groups is 1. The Morgan fingerprint density at radius 2 is 1.70 bits per heavy atom. The monoisotopic (exact) mass is 300 g/mol. The number of aliphatic hydroxyl groups excluding tert-OH is 1. The summed E-state index contributed by atoms with van der Waals surface area (Å²) in [7, 11) is 0. The van der Waals surface area contributed by atoms with Crippen LogP contribution in [0, 0.1) is 6.92 Å². The molecule has 5 heteroatoms. The van der Waals surface area contributed by atoms with Gasteiger partial charge in [-0.15, -0.1) is 0 Å². The molecule has 1 atom stereocenters. The molecule has 0 aliphatic heterocycles. The zero-order valence-electron chi connectivity index (χ0n) is 10.6. The average molecular weight is 301 g/mol. The number of rotatable bonds is 2. The zero-order valence-corrected chi connectivity index (χ0v) is 11.3. The maximum absolute atomic E-state index is 12.6. The largest absolute Gasteiger partial charge is 0.416 e. The first-order chi connectivity index (χ1) is 9.29. The van der Waals surface area contributed by atoms with E-state index in [0.29, 0.717) is 10.6 Å². The summed E-state index contributed by atoms with van der Waals surface area (Å²) in [4.78, 5) is 0. The van der Waals surface area contributed by atoms with Gasteiger partial charge in [-0.05, 0) is 41.8 Å². The molecule has 0 saturated heterocycles. The van der Waals surface area contributed by atoms with Gasteiger partial charge in [-0.3, -0.25) is 0 Å². The van der Waals surface area contributed by atoms with Gasteiger partial charge in [0, 0.05) is 5.02 Å². The molecule has 0 saturated carbocycles. The van der Waals surface area contributed by atoms with Gasteiger partial charge in [-0.25, -0.2) is 0 Å². The Labute approximate surface area is 119 Å². The summed E-state index contributed by atoms with van der Waals surface area (Å²) in [6.45, 7) is 1.81. The normalized spacial score (nSPS) is 13.3. The van der Waals surface area contributed by atoms with E-state index >= 15 is 0 Å². The van der Waals surface area contributed by atoms with Gasteiger partial charge in [0.2, 0.25) is 0 Å². The highest BCUT2D eigenvalue weighted by Crippen LogP contribution is 2.32. The molecule has 0 aliphatic rings. The van der Waals surface area contributed by atoms with Crippen LogP contribution < -0.4 is 0 Å². The van der Waals surface area contributed by atoms with Gasteiger partial charge in [0.15, 0.2) is 0 Å². The molecule has 0 spiro atoms. The topological polar surface area (TPSA) is 20.2 Å². The van der Waals surface area contributed by atoms with Gasteiger partial charge >= 0.3 is 6.18 Å². The standard InChI is InChI=1S/C15H12ClF3O/c1-9-5-6-11(8-13(9)16)14(20)10-3-2-4-12(7-10)15(17,18)19/h2-8,14,20H,1H3. The summed E-state index contributed by atoms with van der Waals surface area (Å²) >= 11 is 5.96. The van der Waals surface area contributed by atoms with Gasteiger partial charge < -0.3 is 5.11 Å². The van der Waals surface area contributed by atoms with Crippen LogP contribution >= 0.6 is 11.6 Å². The van der Waals surface area contributed by atoms with E-state index in [1.54, 1.807) is 18.2 Å². The molecule has 1 nitrogen and oxygen atoms in total. The summed E-state index contributed by atoms with van der Waals surface area (Å²) in [5, 5.41) is 10.6. The predicted molar refractivity (Wildman–Crippen MR) is 71.7 cm³/mol. The minimum absolute atomic E-state index is 0.180. The molecule has 106 valence electrons.